The van der Waals surface area contributed by atoms with Crippen LogP contribution in [0, 0.1) is 5.82 Å². The first-order valence-electron chi connectivity index (χ1n) is 7.22. The van der Waals surface area contributed by atoms with Gasteiger partial charge in [0.2, 0.25) is 0 Å². The fourth-order valence-corrected chi connectivity index (χ4v) is 2.06. The fourth-order valence-electron chi connectivity index (χ4n) is 1.82. The highest BCUT2D eigenvalue weighted by molar-refractivity contribution is 6.35. The Morgan fingerprint density at radius 1 is 1.24 bits per heavy atom. The van der Waals surface area contributed by atoms with Gasteiger partial charge in [-0.15, -0.1) is 0 Å². The quantitative estimate of drug-likeness (QED) is 0.486. The minimum atomic E-state index is -0.880. The van der Waals surface area contributed by atoms with Crippen LogP contribution in [0.15, 0.2) is 47.6 Å². The molecule has 130 valence electrons. The highest BCUT2D eigenvalue weighted by atomic mass is 35.5. The molecule has 0 aliphatic heterocycles. The van der Waals surface area contributed by atoms with Gasteiger partial charge >= 0.3 is 11.8 Å². The van der Waals surface area contributed by atoms with Crippen LogP contribution in [0.2, 0.25) is 5.02 Å². The van der Waals surface area contributed by atoms with Crippen molar-refractivity contribution in [1.29, 1.82) is 0 Å². The van der Waals surface area contributed by atoms with E-state index in [0.717, 1.165) is 0 Å². The summed E-state index contributed by atoms with van der Waals surface area (Å²) in [7, 11) is 1.34. The molecule has 0 unspecified atom stereocenters. The van der Waals surface area contributed by atoms with E-state index in [9.17, 15) is 14.0 Å². The summed E-state index contributed by atoms with van der Waals surface area (Å²) in [5.41, 5.74) is 3.07. The molecule has 0 saturated carbocycles. The summed E-state index contributed by atoms with van der Waals surface area (Å²) in [5, 5.41) is 6.13. The van der Waals surface area contributed by atoms with Gasteiger partial charge in [-0.25, -0.2) is 9.82 Å². The summed E-state index contributed by atoms with van der Waals surface area (Å²) in [6.07, 6.45) is 1.33. The van der Waals surface area contributed by atoms with E-state index >= 15 is 0 Å². The smallest absolute Gasteiger partial charge is 0.329 e. The third kappa shape index (κ3) is 5.29. The minimum Gasteiger partial charge on any atom is -0.487 e. The van der Waals surface area contributed by atoms with Crippen molar-refractivity contribution in [3.63, 3.8) is 0 Å². The molecule has 0 aliphatic rings. The lowest BCUT2D eigenvalue weighted by molar-refractivity contribution is -0.138. The second kappa shape index (κ2) is 8.79. The van der Waals surface area contributed by atoms with Crippen LogP contribution in [0.3, 0.4) is 0 Å². The first-order chi connectivity index (χ1) is 12.0. The van der Waals surface area contributed by atoms with Crippen LogP contribution in [-0.4, -0.2) is 25.1 Å². The summed E-state index contributed by atoms with van der Waals surface area (Å²) in [6.45, 7) is 0.0437. The van der Waals surface area contributed by atoms with E-state index in [2.05, 4.69) is 15.8 Å². The summed E-state index contributed by atoms with van der Waals surface area (Å²) in [6, 6.07) is 11.1. The molecule has 25 heavy (non-hydrogen) atoms. The van der Waals surface area contributed by atoms with Crippen LogP contribution in [-0.2, 0) is 16.2 Å². The Morgan fingerprint density at radius 3 is 2.68 bits per heavy atom. The molecule has 0 saturated heterocycles. The van der Waals surface area contributed by atoms with Gasteiger partial charge in [0.1, 0.15) is 18.2 Å². The third-order valence-corrected chi connectivity index (χ3v) is 3.41. The van der Waals surface area contributed by atoms with Gasteiger partial charge in [-0.05, 0) is 29.8 Å². The normalized spacial score (nSPS) is 10.5. The molecule has 2 N–H and O–H groups in total. The van der Waals surface area contributed by atoms with Crippen LogP contribution >= 0.6 is 11.6 Å². The molecule has 0 aromatic heterocycles. The molecule has 0 spiro atoms. The average molecular weight is 364 g/mol. The Labute approximate surface area is 148 Å². The van der Waals surface area contributed by atoms with E-state index in [1.807, 2.05) is 0 Å². The number of ether oxygens (including phenoxy) is 1. The molecule has 0 bridgehead atoms. The summed E-state index contributed by atoms with van der Waals surface area (Å²) >= 11 is 6.12. The van der Waals surface area contributed by atoms with Crippen LogP contribution in [0.1, 0.15) is 11.1 Å². The second-order valence-corrected chi connectivity index (χ2v) is 5.26. The molecular formula is C17H15ClFN3O3. The van der Waals surface area contributed by atoms with Gasteiger partial charge in [0, 0.05) is 12.6 Å². The van der Waals surface area contributed by atoms with Gasteiger partial charge < -0.3 is 10.1 Å². The molecule has 6 nitrogen and oxygen atoms in total. The van der Waals surface area contributed by atoms with Crippen molar-refractivity contribution >= 4 is 29.6 Å². The number of benzene rings is 2. The number of nitrogens with one attached hydrogen (secondary N) is 2. The van der Waals surface area contributed by atoms with Crippen molar-refractivity contribution in [3.8, 4) is 5.75 Å². The van der Waals surface area contributed by atoms with Crippen LogP contribution in [0.4, 0.5) is 4.39 Å². The molecule has 2 aromatic rings. The minimum absolute atomic E-state index is 0.0437. The molecule has 0 aliphatic carbocycles. The van der Waals surface area contributed by atoms with Gasteiger partial charge in [0.15, 0.2) is 0 Å². The molecule has 2 aromatic carbocycles. The van der Waals surface area contributed by atoms with E-state index in [-0.39, 0.29) is 12.4 Å². The first kappa shape index (κ1) is 18.4. The average Bonchev–Trinajstić information content (AvgIpc) is 2.61. The van der Waals surface area contributed by atoms with Gasteiger partial charge in [0.25, 0.3) is 0 Å². The molecule has 2 rings (SSSR count). The molecule has 0 radical (unpaired) electrons. The number of carbonyl (C=O) groups is 2. The van der Waals surface area contributed by atoms with Crippen LogP contribution in [0.5, 0.6) is 5.75 Å². The zero-order chi connectivity index (χ0) is 18.2. The monoisotopic (exact) mass is 363 g/mol. The lowest BCUT2D eigenvalue weighted by atomic mass is 10.2. The zero-order valence-electron chi connectivity index (χ0n) is 13.3. The number of hydrogen-bond acceptors (Lipinski definition) is 4. The van der Waals surface area contributed by atoms with Crippen molar-refractivity contribution < 1.29 is 18.7 Å². The Morgan fingerprint density at radius 2 is 2.00 bits per heavy atom. The Bertz CT molecular complexity index is 811. The summed E-state index contributed by atoms with van der Waals surface area (Å²) in [5.74, 6) is -1.65. The lowest BCUT2D eigenvalue weighted by Crippen LogP contribution is -2.35. The molecule has 0 atom stereocenters. The predicted octanol–water partition coefficient (Wildman–Crippen LogP) is 2.25. The number of hydrogen-bond donors (Lipinski definition) is 2. The van der Waals surface area contributed by atoms with Gasteiger partial charge in [0.05, 0.1) is 11.2 Å². The Kier molecular flexibility index (Phi) is 6.47. The number of hydrazone groups is 1. The second-order valence-electron chi connectivity index (χ2n) is 4.85. The number of amides is 2. The predicted molar refractivity (Wildman–Crippen MR) is 92.0 cm³/mol. The third-order valence-electron chi connectivity index (χ3n) is 3.11. The van der Waals surface area contributed by atoms with Crippen molar-refractivity contribution in [2.45, 2.75) is 6.61 Å². The van der Waals surface area contributed by atoms with Gasteiger partial charge in [-0.2, -0.15) is 5.10 Å². The highest BCUT2D eigenvalue weighted by Crippen LogP contribution is 2.26. The molecular weight excluding hydrogens is 349 g/mol. The zero-order valence-corrected chi connectivity index (χ0v) is 14.0. The maximum absolute atomic E-state index is 13.6. The SMILES string of the molecule is CNC(=O)C(=O)N/N=C\c1ccc(OCc2ccccc2F)c(Cl)c1. The Hall–Kier alpha value is -2.93. The van der Waals surface area contributed by atoms with Gasteiger partial charge in [-0.3, -0.25) is 9.59 Å². The van der Waals surface area contributed by atoms with Crippen molar-refractivity contribution in [3.05, 3.63) is 64.4 Å². The maximum Gasteiger partial charge on any atom is 0.329 e. The van der Waals surface area contributed by atoms with Crippen molar-refractivity contribution in [1.82, 2.24) is 10.7 Å². The standard InChI is InChI=1S/C17H15ClFN3O3/c1-20-16(23)17(24)22-21-9-11-6-7-15(13(18)8-11)25-10-12-4-2-3-5-14(12)19/h2-9H,10H2,1H3,(H,20,23)(H,22,24)/b21-9-. The van der Waals surface area contributed by atoms with E-state index < -0.39 is 11.8 Å². The van der Waals surface area contributed by atoms with E-state index in [4.69, 9.17) is 16.3 Å². The van der Waals surface area contributed by atoms with E-state index in [0.29, 0.717) is 21.9 Å². The summed E-state index contributed by atoms with van der Waals surface area (Å²) < 4.78 is 19.1. The van der Waals surface area contributed by atoms with Gasteiger partial charge in [-0.1, -0.05) is 29.8 Å². The largest absolute Gasteiger partial charge is 0.487 e. The van der Waals surface area contributed by atoms with E-state index in [1.54, 1.807) is 36.4 Å². The van der Waals surface area contributed by atoms with Crippen molar-refractivity contribution in [2.75, 3.05) is 7.05 Å². The fraction of sp³-hybridized carbons (Fsp3) is 0.118. The molecule has 2 amide bonds. The molecule has 8 heteroatoms. The van der Waals surface area contributed by atoms with Crippen molar-refractivity contribution in [2.24, 2.45) is 5.10 Å². The van der Waals surface area contributed by atoms with Crippen LogP contribution in [0.25, 0.3) is 0 Å². The lowest BCUT2D eigenvalue weighted by Gasteiger charge is -2.09. The Balaban J connectivity index is 1.97. The number of carbonyl (C=O) groups excluding carboxylic acids is 2. The maximum atomic E-state index is 13.6. The molecule has 0 fully saturated rings. The topological polar surface area (TPSA) is 79.8 Å². The number of nitrogens with zero attached hydrogens (tertiary/aromatic N) is 1. The van der Waals surface area contributed by atoms with Crippen LogP contribution < -0.4 is 15.5 Å². The first-order valence-corrected chi connectivity index (χ1v) is 7.60. The number of halogens is 2. The van der Waals surface area contributed by atoms with E-state index in [1.165, 1.54) is 19.3 Å². The number of likely N-dealkylation sites (N-methyl/N-ethyl adjacent to an activating group) is 1. The number of rotatable bonds is 5. The molecule has 0 heterocycles. The highest BCUT2D eigenvalue weighted by Gasteiger charge is 2.09. The summed E-state index contributed by atoms with van der Waals surface area (Å²) in [4.78, 5) is 22.2.